The van der Waals surface area contributed by atoms with E-state index in [2.05, 4.69) is 20.5 Å². The molecule has 152 valence electrons. The Morgan fingerprint density at radius 1 is 1.21 bits per heavy atom. The van der Waals surface area contributed by atoms with Gasteiger partial charge in [0.1, 0.15) is 5.82 Å². The van der Waals surface area contributed by atoms with Crippen LogP contribution in [0.25, 0.3) is 0 Å². The fraction of sp³-hybridized carbons (Fsp3) is 0.632. The average Bonchev–Trinajstić information content (AvgIpc) is 3.25. The van der Waals surface area contributed by atoms with Gasteiger partial charge in [-0.05, 0) is 25.0 Å². The van der Waals surface area contributed by atoms with Crippen LogP contribution in [-0.4, -0.2) is 71.1 Å². The second kappa shape index (κ2) is 8.78. The highest BCUT2D eigenvalue weighted by Crippen LogP contribution is 2.33. The summed E-state index contributed by atoms with van der Waals surface area (Å²) in [5.41, 5.74) is 0. The van der Waals surface area contributed by atoms with Crippen LogP contribution in [0.5, 0.6) is 0 Å². The average molecular weight is 424 g/mol. The summed E-state index contributed by atoms with van der Waals surface area (Å²) in [5, 5.41) is 7.10. The minimum Gasteiger partial charge on any atom is -0.353 e. The lowest BCUT2D eigenvalue weighted by Crippen LogP contribution is -2.49. The van der Waals surface area contributed by atoms with E-state index in [4.69, 9.17) is 11.6 Å². The van der Waals surface area contributed by atoms with Crippen molar-refractivity contribution in [2.75, 3.05) is 36.8 Å². The van der Waals surface area contributed by atoms with Gasteiger partial charge in [0.05, 0.1) is 17.1 Å². The lowest BCUT2D eigenvalue weighted by molar-refractivity contribution is -0.131. The van der Waals surface area contributed by atoms with Crippen LogP contribution in [0.3, 0.4) is 0 Å². The Bertz CT molecular complexity index is 711. The first-order valence-corrected chi connectivity index (χ1v) is 11.4. The van der Waals surface area contributed by atoms with E-state index in [9.17, 15) is 9.59 Å². The summed E-state index contributed by atoms with van der Waals surface area (Å²) < 4.78 is 0. The molecule has 0 unspecified atom stereocenters. The van der Waals surface area contributed by atoms with Gasteiger partial charge in [0.15, 0.2) is 0 Å². The van der Waals surface area contributed by atoms with Gasteiger partial charge in [0, 0.05) is 49.8 Å². The summed E-state index contributed by atoms with van der Waals surface area (Å²) in [6, 6.07) is 4.26. The summed E-state index contributed by atoms with van der Waals surface area (Å²) in [6.07, 6.45) is 5.25. The van der Waals surface area contributed by atoms with Gasteiger partial charge in [-0.2, -0.15) is 11.8 Å². The van der Waals surface area contributed by atoms with Crippen LogP contribution in [-0.2, 0) is 4.79 Å². The number of urea groups is 1. The van der Waals surface area contributed by atoms with E-state index >= 15 is 0 Å². The summed E-state index contributed by atoms with van der Waals surface area (Å²) >= 11 is 7.82. The number of rotatable bonds is 6. The van der Waals surface area contributed by atoms with Crippen LogP contribution >= 0.6 is 23.4 Å². The molecule has 7 nitrogen and oxygen atoms in total. The third kappa shape index (κ3) is 4.49. The number of amides is 3. The van der Waals surface area contributed by atoms with Gasteiger partial charge in [0.25, 0.3) is 0 Å². The molecule has 3 amide bonds. The second-order valence-electron chi connectivity index (χ2n) is 7.57. The number of hydrogen-bond acceptors (Lipinski definition) is 5. The van der Waals surface area contributed by atoms with Gasteiger partial charge < -0.3 is 20.4 Å². The van der Waals surface area contributed by atoms with Crippen LogP contribution < -0.4 is 15.5 Å². The largest absolute Gasteiger partial charge is 0.353 e. The van der Waals surface area contributed by atoms with Gasteiger partial charge in [-0.15, -0.1) is 0 Å². The monoisotopic (exact) mass is 423 g/mol. The zero-order chi connectivity index (χ0) is 19.5. The number of nitrogens with zero attached hydrogens (tertiary/aromatic N) is 3. The molecule has 3 atom stereocenters. The first kappa shape index (κ1) is 19.6. The van der Waals surface area contributed by atoms with Gasteiger partial charge in [0.2, 0.25) is 5.91 Å². The molecule has 0 aliphatic carbocycles. The van der Waals surface area contributed by atoms with Crippen molar-refractivity contribution in [3.8, 4) is 0 Å². The van der Waals surface area contributed by atoms with Crippen molar-refractivity contribution < 1.29 is 9.59 Å². The highest BCUT2D eigenvalue weighted by atomic mass is 35.5. The summed E-state index contributed by atoms with van der Waals surface area (Å²) in [5.74, 6) is 2.15. The second-order valence-corrected chi connectivity index (χ2v) is 9.28. The maximum absolute atomic E-state index is 12.5. The van der Waals surface area contributed by atoms with E-state index in [1.54, 1.807) is 6.20 Å². The molecule has 2 N–H and O–H groups in total. The Kier molecular flexibility index (Phi) is 6.16. The molecule has 0 radical (unpaired) electrons. The molecule has 3 saturated heterocycles. The lowest BCUT2D eigenvalue weighted by Gasteiger charge is -2.35. The molecule has 1 aromatic heterocycles. The number of anilines is 1. The Balaban J connectivity index is 1.14. The van der Waals surface area contributed by atoms with E-state index in [1.807, 2.05) is 28.8 Å². The molecule has 0 bridgehead atoms. The van der Waals surface area contributed by atoms with E-state index < -0.39 is 0 Å². The maximum atomic E-state index is 12.5. The van der Waals surface area contributed by atoms with Crippen LogP contribution in [0.2, 0.25) is 5.02 Å². The summed E-state index contributed by atoms with van der Waals surface area (Å²) in [7, 11) is 0. The van der Waals surface area contributed by atoms with Crippen molar-refractivity contribution >= 4 is 41.1 Å². The highest BCUT2D eigenvalue weighted by molar-refractivity contribution is 8.00. The molecule has 4 heterocycles. The number of fused-ring (bicyclic) bond motifs is 1. The molecule has 1 aromatic rings. The Hall–Kier alpha value is -1.67. The number of piperazine rings is 1. The van der Waals surface area contributed by atoms with Gasteiger partial charge >= 0.3 is 6.03 Å². The SMILES string of the molecule is O=C1N[C@H]2[C@H](CS[C@H]2CCCCC(=O)N2CCN(c3ccc(Cl)cn3)CC2)N1. The number of thioether (sulfide) groups is 1. The first-order chi connectivity index (χ1) is 13.6. The number of nitrogens with one attached hydrogen (secondary N) is 2. The van der Waals surface area contributed by atoms with Crippen molar-refractivity contribution in [2.24, 2.45) is 0 Å². The molecule has 3 fully saturated rings. The molecule has 0 saturated carbocycles. The molecule has 0 aromatic carbocycles. The van der Waals surface area contributed by atoms with Crippen molar-refractivity contribution in [1.82, 2.24) is 20.5 Å². The van der Waals surface area contributed by atoms with E-state index in [-0.39, 0.29) is 24.0 Å². The smallest absolute Gasteiger partial charge is 0.315 e. The van der Waals surface area contributed by atoms with E-state index in [0.29, 0.717) is 16.7 Å². The van der Waals surface area contributed by atoms with Crippen molar-refractivity contribution in [1.29, 1.82) is 0 Å². The zero-order valence-corrected chi connectivity index (χ0v) is 17.3. The van der Waals surface area contributed by atoms with Crippen LogP contribution in [0, 0.1) is 0 Å². The summed E-state index contributed by atoms with van der Waals surface area (Å²) in [4.78, 5) is 32.5. The topological polar surface area (TPSA) is 77.6 Å². The number of halogens is 1. The lowest BCUT2D eigenvalue weighted by atomic mass is 10.0. The third-order valence-corrected chi connectivity index (χ3v) is 7.47. The predicted molar refractivity (Wildman–Crippen MR) is 112 cm³/mol. The number of pyridine rings is 1. The number of carbonyl (C=O) groups excluding carboxylic acids is 2. The highest BCUT2D eigenvalue weighted by Gasteiger charge is 2.42. The predicted octanol–water partition coefficient (Wildman–Crippen LogP) is 2.11. The first-order valence-electron chi connectivity index (χ1n) is 9.93. The van der Waals surface area contributed by atoms with Crippen LogP contribution in [0.1, 0.15) is 25.7 Å². The molecular formula is C19H26ClN5O2S. The molecule has 9 heteroatoms. The summed E-state index contributed by atoms with van der Waals surface area (Å²) in [6.45, 7) is 3.08. The molecule has 3 aliphatic heterocycles. The third-order valence-electron chi connectivity index (χ3n) is 5.74. The molecule has 0 spiro atoms. The Morgan fingerprint density at radius 2 is 2.04 bits per heavy atom. The molecule has 4 rings (SSSR count). The standard InChI is InChI=1S/C19H26ClN5O2S/c20-13-5-6-16(21-11-13)24-7-9-25(10-8-24)17(26)4-2-1-3-15-18-14(12-28-15)22-19(27)23-18/h5-6,11,14-15,18H,1-4,7-10,12H2,(H2,22,23,27)/t14-,15-,18-/m0/s1. The minimum atomic E-state index is -0.0385. The fourth-order valence-electron chi connectivity index (χ4n) is 4.16. The van der Waals surface area contributed by atoms with Crippen molar-refractivity contribution in [3.63, 3.8) is 0 Å². The number of hydrogen-bond donors (Lipinski definition) is 2. The fourth-order valence-corrected chi connectivity index (χ4v) is 5.82. The Morgan fingerprint density at radius 3 is 2.79 bits per heavy atom. The van der Waals surface area contributed by atoms with Crippen LogP contribution in [0.4, 0.5) is 10.6 Å². The van der Waals surface area contributed by atoms with Crippen LogP contribution in [0.15, 0.2) is 18.3 Å². The van der Waals surface area contributed by atoms with E-state index in [0.717, 1.165) is 57.0 Å². The minimum absolute atomic E-state index is 0.0385. The van der Waals surface area contributed by atoms with E-state index in [1.165, 1.54) is 0 Å². The zero-order valence-electron chi connectivity index (χ0n) is 15.8. The quantitative estimate of drug-likeness (QED) is 0.541. The number of aromatic nitrogens is 1. The Labute approximate surface area is 174 Å². The number of unbranched alkanes of at least 4 members (excludes halogenated alkanes) is 1. The van der Waals surface area contributed by atoms with Gasteiger partial charge in [-0.3, -0.25) is 4.79 Å². The normalized spacial score (nSPS) is 26.8. The van der Waals surface area contributed by atoms with Crippen molar-refractivity contribution in [3.05, 3.63) is 23.4 Å². The maximum Gasteiger partial charge on any atom is 0.315 e. The molecule has 3 aliphatic rings. The number of carbonyl (C=O) groups is 2. The van der Waals surface area contributed by atoms with Gasteiger partial charge in [-0.1, -0.05) is 18.0 Å². The molecule has 28 heavy (non-hydrogen) atoms. The van der Waals surface area contributed by atoms with Crippen molar-refractivity contribution in [2.45, 2.75) is 43.0 Å². The molecular weight excluding hydrogens is 398 g/mol. The van der Waals surface area contributed by atoms with Gasteiger partial charge in [-0.25, -0.2) is 9.78 Å².